The number of rotatable bonds is 3. The molecule has 1 aromatic rings. The number of anilines is 1. The van der Waals surface area contributed by atoms with Crippen LogP contribution in [0.5, 0.6) is 0 Å². The van der Waals surface area contributed by atoms with Gasteiger partial charge in [-0.15, -0.1) is 0 Å². The molecular weight excluding hydrogens is 265 g/mol. The van der Waals surface area contributed by atoms with Crippen LogP contribution in [0.1, 0.15) is 12.5 Å². The van der Waals surface area contributed by atoms with Gasteiger partial charge in [0.15, 0.2) is 5.84 Å². The lowest BCUT2D eigenvalue weighted by atomic mass is 10.1. The van der Waals surface area contributed by atoms with E-state index in [0.717, 1.165) is 0 Å². The normalized spacial score (nSPS) is 23.9. The third-order valence-electron chi connectivity index (χ3n) is 3.36. The topological polar surface area (TPSA) is 91.3 Å². The van der Waals surface area contributed by atoms with Crippen LogP contribution in [-0.4, -0.2) is 48.1 Å². The number of aliphatic hydroxyl groups excluding tert-OH is 1. The number of oxime groups is 1. The highest BCUT2D eigenvalue weighted by Crippen LogP contribution is 2.26. The second-order valence-corrected chi connectivity index (χ2v) is 4.79. The van der Waals surface area contributed by atoms with Crippen LogP contribution in [0.2, 0.25) is 0 Å². The van der Waals surface area contributed by atoms with Crippen molar-refractivity contribution in [3.05, 3.63) is 29.6 Å². The van der Waals surface area contributed by atoms with Gasteiger partial charge in [-0.25, -0.2) is 4.39 Å². The number of aliphatic hydroxyl groups is 1. The van der Waals surface area contributed by atoms with E-state index in [9.17, 15) is 9.50 Å². The first-order chi connectivity index (χ1) is 9.56. The Labute approximate surface area is 116 Å². The van der Waals surface area contributed by atoms with Crippen LogP contribution in [0, 0.1) is 5.82 Å². The highest BCUT2D eigenvalue weighted by molar-refractivity contribution is 6.02. The molecule has 0 spiro atoms. The first kappa shape index (κ1) is 14.5. The molecule has 4 N–H and O–H groups in total. The highest BCUT2D eigenvalue weighted by Gasteiger charge is 2.28. The Morgan fingerprint density at radius 3 is 3.00 bits per heavy atom. The first-order valence-corrected chi connectivity index (χ1v) is 6.33. The van der Waals surface area contributed by atoms with E-state index >= 15 is 0 Å². The minimum absolute atomic E-state index is 0.0357. The van der Waals surface area contributed by atoms with Crippen molar-refractivity contribution in [2.45, 2.75) is 19.1 Å². The Morgan fingerprint density at radius 2 is 2.35 bits per heavy atom. The smallest absolute Gasteiger partial charge is 0.172 e. The molecule has 1 saturated heterocycles. The molecule has 110 valence electrons. The third-order valence-corrected chi connectivity index (χ3v) is 3.36. The van der Waals surface area contributed by atoms with Crippen LogP contribution in [0.25, 0.3) is 0 Å². The molecule has 2 rings (SSSR count). The maximum Gasteiger partial charge on any atom is 0.172 e. The second kappa shape index (κ2) is 6.06. The summed E-state index contributed by atoms with van der Waals surface area (Å²) in [6.07, 6.45) is -0.309. The largest absolute Gasteiger partial charge is 0.409 e. The van der Waals surface area contributed by atoms with Gasteiger partial charge in [0.1, 0.15) is 5.82 Å². The van der Waals surface area contributed by atoms with Gasteiger partial charge in [-0.3, -0.25) is 0 Å². The number of amidine groups is 1. The summed E-state index contributed by atoms with van der Waals surface area (Å²) in [5.41, 5.74) is 6.58. The summed E-state index contributed by atoms with van der Waals surface area (Å²) < 4.78 is 18.8. The van der Waals surface area contributed by atoms with Gasteiger partial charge in [-0.05, 0) is 25.1 Å². The lowest BCUT2D eigenvalue weighted by Crippen LogP contribution is -2.50. The monoisotopic (exact) mass is 283 g/mol. The van der Waals surface area contributed by atoms with Gasteiger partial charge >= 0.3 is 0 Å². The summed E-state index contributed by atoms with van der Waals surface area (Å²) in [5.74, 6) is -0.617. The summed E-state index contributed by atoms with van der Waals surface area (Å²) >= 11 is 0. The van der Waals surface area contributed by atoms with Gasteiger partial charge in [-0.2, -0.15) is 0 Å². The summed E-state index contributed by atoms with van der Waals surface area (Å²) in [5, 5.41) is 21.0. The van der Waals surface area contributed by atoms with Crippen LogP contribution >= 0.6 is 0 Å². The van der Waals surface area contributed by atoms with Crippen LogP contribution in [0.3, 0.4) is 0 Å². The molecule has 0 aromatic heterocycles. The van der Waals surface area contributed by atoms with Crippen LogP contribution < -0.4 is 10.6 Å². The second-order valence-electron chi connectivity index (χ2n) is 4.79. The number of morpholine rings is 1. The van der Waals surface area contributed by atoms with Crippen molar-refractivity contribution < 1.29 is 19.4 Å². The number of hydrogen-bond donors (Lipinski definition) is 3. The van der Waals surface area contributed by atoms with Crippen molar-refractivity contribution in [3.8, 4) is 0 Å². The quantitative estimate of drug-likeness (QED) is 0.325. The maximum atomic E-state index is 13.4. The van der Waals surface area contributed by atoms with Crippen molar-refractivity contribution in [1.29, 1.82) is 0 Å². The number of halogens is 1. The zero-order valence-corrected chi connectivity index (χ0v) is 11.2. The van der Waals surface area contributed by atoms with E-state index in [1.165, 1.54) is 12.1 Å². The summed E-state index contributed by atoms with van der Waals surface area (Å²) in [6, 6.07) is 4.16. The van der Waals surface area contributed by atoms with Crippen molar-refractivity contribution in [2.75, 3.05) is 24.7 Å². The lowest BCUT2D eigenvalue weighted by molar-refractivity contribution is -0.0103. The number of nitrogens with two attached hydrogens (primary N) is 1. The SMILES string of the molecule is CC1COC(CO)CN1c1ccc(F)cc1/C(N)=N/O. The fourth-order valence-corrected chi connectivity index (χ4v) is 2.28. The van der Waals surface area contributed by atoms with E-state index in [4.69, 9.17) is 15.7 Å². The van der Waals surface area contributed by atoms with Gasteiger partial charge < -0.3 is 25.7 Å². The lowest BCUT2D eigenvalue weighted by Gasteiger charge is -2.39. The van der Waals surface area contributed by atoms with E-state index < -0.39 is 5.82 Å². The molecule has 1 aromatic carbocycles. The molecule has 2 unspecified atom stereocenters. The van der Waals surface area contributed by atoms with E-state index in [1.807, 2.05) is 11.8 Å². The molecule has 0 saturated carbocycles. The zero-order chi connectivity index (χ0) is 14.7. The van der Waals surface area contributed by atoms with Gasteiger partial charge in [-0.1, -0.05) is 5.16 Å². The fraction of sp³-hybridized carbons (Fsp3) is 0.462. The Balaban J connectivity index is 2.40. The predicted molar refractivity (Wildman–Crippen MR) is 72.5 cm³/mol. The fourth-order valence-electron chi connectivity index (χ4n) is 2.28. The van der Waals surface area contributed by atoms with Crippen molar-refractivity contribution in [3.63, 3.8) is 0 Å². The third kappa shape index (κ3) is 2.83. The Hall–Kier alpha value is -1.86. The maximum absolute atomic E-state index is 13.4. The van der Waals surface area contributed by atoms with Crippen molar-refractivity contribution in [1.82, 2.24) is 0 Å². The van der Waals surface area contributed by atoms with Crippen molar-refractivity contribution in [2.24, 2.45) is 10.9 Å². The molecule has 2 atom stereocenters. The minimum atomic E-state index is -0.463. The molecule has 1 heterocycles. The van der Waals surface area contributed by atoms with Crippen LogP contribution in [-0.2, 0) is 4.74 Å². The number of hydrogen-bond acceptors (Lipinski definition) is 5. The minimum Gasteiger partial charge on any atom is -0.409 e. The highest BCUT2D eigenvalue weighted by atomic mass is 19.1. The summed E-state index contributed by atoms with van der Waals surface area (Å²) in [6.45, 7) is 2.75. The Kier molecular flexibility index (Phi) is 4.41. The molecule has 0 bridgehead atoms. The average Bonchev–Trinajstić information content (AvgIpc) is 2.47. The van der Waals surface area contributed by atoms with E-state index in [1.54, 1.807) is 6.07 Å². The predicted octanol–water partition coefficient (Wildman–Crippen LogP) is 0.506. The van der Waals surface area contributed by atoms with E-state index in [0.29, 0.717) is 24.4 Å². The number of benzene rings is 1. The molecule has 7 heteroatoms. The number of ether oxygens (including phenoxy) is 1. The molecule has 20 heavy (non-hydrogen) atoms. The van der Waals surface area contributed by atoms with E-state index in [-0.39, 0.29) is 24.6 Å². The molecule has 0 aliphatic carbocycles. The van der Waals surface area contributed by atoms with Gasteiger partial charge in [0, 0.05) is 23.8 Å². The zero-order valence-electron chi connectivity index (χ0n) is 11.2. The van der Waals surface area contributed by atoms with Crippen LogP contribution in [0.4, 0.5) is 10.1 Å². The molecule has 6 nitrogen and oxygen atoms in total. The molecule has 0 radical (unpaired) electrons. The van der Waals surface area contributed by atoms with Gasteiger partial charge in [0.2, 0.25) is 0 Å². The summed E-state index contributed by atoms with van der Waals surface area (Å²) in [4.78, 5) is 1.96. The van der Waals surface area contributed by atoms with Gasteiger partial charge in [0.05, 0.1) is 19.3 Å². The Morgan fingerprint density at radius 1 is 1.60 bits per heavy atom. The molecule has 1 aliphatic heterocycles. The van der Waals surface area contributed by atoms with Gasteiger partial charge in [0.25, 0.3) is 0 Å². The molecule has 1 aliphatic rings. The first-order valence-electron chi connectivity index (χ1n) is 6.33. The van der Waals surface area contributed by atoms with Crippen LogP contribution in [0.15, 0.2) is 23.4 Å². The average molecular weight is 283 g/mol. The molecular formula is C13H18FN3O3. The number of nitrogens with zero attached hydrogens (tertiary/aromatic N) is 2. The standard InChI is InChI=1S/C13H18FN3O3/c1-8-7-20-10(6-18)5-17(8)12-3-2-9(14)4-11(12)13(15)16-19/h2-4,8,10,18-19H,5-7H2,1H3,(H2,15,16). The molecule has 1 fully saturated rings. The van der Waals surface area contributed by atoms with E-state index in [2.05, 4.69) is 5.16 Å². The summed E-state index contributed by atoms with van der Waals surface area (Å²) in [7, 11) is 0. The molecule has 0 amide bonds. The Bertz CT molecular complexity index is 510. The van der Waals surface area contributed by atoms with Crippen molar-refractivity contribution >= 4 is 11.5 Å².